The standard InChI is InChI=1S/C19H26N2O2/c1-14(2)19(20)13-21(15-5-9-17(22-3)10-6-15)16-7-11-18(23-4)12-8-16/h5-12,14,19H,13,20H2,1-4H3. The van der Waals surface area contributed by atoms with Crippen LogP contribution in [0.2, 0.25) is 0 Å². The third kappa shape index (κ3) is 4.39. The Kier molecular flexibility index (Phi) is 5.88. The second-order valence-corrected chi connectivity index (χ2v) is 5.91. The van der Waals surface area contributed by atoms with Gasteiger partial charge in [-0.2, -0.15) is 0 Å². The van der Waals surface area contributed by atoms with Crippen LogP contribution in [0, 0.1) is 5.92 Å². The summed E-state index contributed by atoms with van der Waals surface area (Å²) in [5, 5.41) is 0. The summed E-state index contributed by atoms with van der Waals surface area (Å²) in [6.45, 7) is 5.03. The van der Waals surface area contributed by atoms with Crippen molar-refractivity contribution in [2.24, 2.45) is 11.7 Å². The van der Waals surface area contributed by atoms with Crippen molar-refractivity contribution in [3.05, 3.63) is 48.5 Å². The van der Waals surface area contributed by atoms with Gasteiger partial charge < -0.3 is 20.1 Å². The van der Waals surface area contributed by atoms with Crippen molar-refractivity contribution >= 4 is 11.4 Å². The number of methoxy groups -OCH3 is 2. The van der Waals surface area contributed by atoms with Crippen LogP contribution in [-0.2, 0) is 0 Å². The van der Waals surface area contributed by atoms with Crippen LogP contribution in [0.1, 0.15) is 13.8 Å². The molecule has 0 fully saturated rings. The minimum atomic E-state index is 0.0826. The van der Waals surface area contributed by atoms with Gasteiger partial charge in [0.05, 0.1) is 14.2 Å². The SMILES string of the molecule is COc1ccc(N(CC(N)C(C)C)c2ccc(OC)cc2)cc1. The van der Waals surface area contributed by atoms with Crippen molar-refractivity contribution in [1.29, 1.82) is 0 Å². The topological polar surface area (TPSA) is 47.7 Å². The molecule has 0 bridgehead atoms. The Bertz CT molecular complexity index is 546. The normalized spacial score (nSPS) is 12.1. The highest BCUT2D eigenvalue weighted by Gasteiger charge is 2.16. The number of rotatable bonds is 7. The van der Waals surface area contributed by atoms with Gasteiger partial charge in [-0.15, -0.1) is 0 Å². The maximum Gasteiger partial charge on any atom is 0.119 e. The predicted molar refractivity (Wildman–Crippen MR) is 95.8 cm³/mol. The van der Waals surface area contributed by atoms with Gasteiger partial charge in [0.25, 0.3) is 0 Å². The van der Waals surface area contributed by atoms with Crippen LogP contribution in [-0.4, -0.2) is 26.8 Å². The van der Waals surface area contributed by atoms with Gasteiger partial charge in [-0.25, -0.2) is 0 Å². The lowest BCUT2D eigenvalue weighted by atomic mass is 10.0. The highest BCUT2D eigenvalue weighted by molar-refractivity contribution is 5.64. The molecule has 2 N–H and O–H groups in total. The number of hydrogen-bond donors (Lipinski definition) is 1. The Morgan fingerprint density at radius 2 is 1.22 bits per heavy atom. The van der Waals surface area contributed by atoms with Crippen molar-refractivity contribution in [1.82, 2.24) is 0 Å². The molecule has 0 aromatic heterocycles. The number of benzene rings is 2. The van der Waals surface area contributed by atoms with Crippen LogP contribution >= 0.6 is 0 Å². The van der Waals surface area contributed by atoms with Gasteiger partial charge in [0, 0.05) is 24.0 Å². The number of nitrogens with two attached hydrogens (primary N) is 1. The van der Waals surface area contributed by atoms with Crippen LogP contribution in [0.5, 0.6) is 11.5 Å². The highest BCUT2D eigenvalue weighted by atomic mass is 16.5. The molecule has 2 rings (SSSR count). The molecule has 1 atom stereocenters. The molecule has 0 aliphatic carbocycles. The van der Waals surface area contributed by atoms with Gasteiger partial charge in [0.1, 0.15) is 11.5 Å². The van der Waals surface area contributed by atoms with Gasteiger partial charge in [-0.3, -0.25) is 0 Å². The van der Waals surface area contributed by atoms with Crippen molar-refractivity contribution in [2.45, 2.75) is 19.9 Å². The molecule has 23 heavy (non-hydrogen) atoms. The third-order valence-corrected chi connectivity index (χ3v) is 4.02. The number of anilines is 2. The Morgan fingerprint density at radius 3 is 1.52 bits per heavy atom. The minimum absolute atomic E-state index is 0.0826. The summed E-state index contributed by atoms with van der Waals surface area (Å²) in [5.41, 5.74) is 8.49. The molecular formula is C19H26N2O2. The number of ether oxygens (including phenoxy) is 2. The molecule has 0 saturated carbocycles. The van der Waals surface area contributed by atoms with Gasteiger partial charge in [0.2, 0.25) is 0 Å². The monoisotopic (exact) mass is 314 g/mol. The van der Waals surface area contributed by atoms with Crippen LogP contribution < -0.4 is 20.1 Å². The van der Waals surface area contributed by atoms with E-state index in [0.29, 0.717) is 5.92 Å². The largest absolute Gasteiger partial charge is 0.497 e. The fraction of sp³-hybridized carbons (Fsp3) is 0.368. The van der Waals surface area contributed by atoms with Crippen molar-refractivity contribution in [3.63, 3.8) is 0 Å². The first kappa shape index (κ1) is 17.2. The molecule has 0 heterocycles. The van der Waals surface area contributed by atoms with E-state index < -0.39 is 0 Å². The lowest BCUT2D eigenvalue weighted by molar-refractivity contribution is 0.414. The summed E-state index contributed by atoms with van der Waals surface area (Å²) in [5.74, 6) is 2.10. The third-order valence-electron chi connectivity index (χ3n) is 4.02. The summed E-state index contributed by atoms with van der Waals surface area (Å²) in [7, 11) is 3.34. The Hall–Kier alpha value is -2.20. The highest BCUT2D eigenvalue weighted by Crippen LogP contribution is 2.29. The molecule has 0 aliphatic heterocycles. The van der Waals surface area contributed by atoms with E-state index >= 15 is 0 Å². The van der Waals surface area contributed by atoms with Gasteiger partial charge >= 0.3 is 0 Å². The maximum absolute atomic E-state index is 6.31. The van der Waals surface area contributed by atoms with E-state index in [9.17, 15) is 0 Å². The molecule has 124 valence electrons. The molecule has 4 nitrogen and oxygen atoms in total. The molecule has 0 amide bonds. The summed E-state index contributed by atoms with van der Waals surface area (Å²) < 4.78 is 10.5. The second kappa shape index (κ2) is 7.88. The fourth-order valence-corrected chi connectivity index (χ4v) is 2.31. The number of hydrogen-bond acceptors (Lipinski definition) is 4. The molecule has 0 aliphatic rings. The van der Waals surface area contributed by atoms with E-state index in [1.54, 1.807) is 14.2 Å². The van der Waals surface area contributed by atoms with Crippen LogP contribution in [0.25, 0.3) is 0 Å². The lowest BCUT2D eigenvalue weighted by Gasteiger charge is -2.29. The smallest absolute Gasteiger partial charge is 0.119 e. The van der Waals surface area contributed by atoms with Crippen LogP contribution in [0.15, 0.2) is 48.5 Å². The zero-order valence-corrected chi connectivity index (χ0v) is 14.3. The van der Waals surface area contributed by atoms with Gasteiger partial charge in [-0.05, 0) is 54.4 Å². The first-order valence-electron chi connectivity index (χ1n) is 7.86. The molecule has 0 saturated heterocycles. The Morgan fingerprint density at radius 1 is 0.826 bits per heavy atom. The second-order valence-electron chi connectivity index (χ2n) is 5.91. The van der Waals surface area contributed by atoms with E-state index in [1.165, 1.54) is 0 Å². The van der Waals surface area contributed by atoms with E-state index in [-0.39, 0.29) is 6.04 Å². The minimum Gasteiger partial charge on any atom is -0.497 e. The van der Waals surface area contributed by atoms with Crippen LogP contribution in [0.3, 0.4) is 0 Å². The average molecular weight is 314 g/mol. The van der Waals surface area contributed by atoms with Crippen molar-refractivity contribution in [3.8, 4) is 11.5 Å². The maximum atomic E-state index is 6.31. The molecule has 0 radical (unpaired) electrons. The predicted octanol–water partition coefficient (Wildman–Crippen LogP) is 3.83. The van der Waals surface area contributed by atoms with Crippen molar-refractivity contribution < 1.29 is 9.47 Å². The van der Waals surface area contributed by atoms with E-state index in [2.05, 4.69) is 43.0 Å². The van der Waals surface area contributed by atoms with Gasteiger partial charge in [-0.1, -0.05) is 13.8 Å². The molecule has 2 aromatic rings. The summed E-state index contributed by atoms with van der Waals surface area (Å²) >= 11 is 0. The molecule has 0 spiro atoms. The quantitative estimate of drug-likeness (QED) is 0.844. The first-order chi connectivity index (χ1) is 11.0. The van der Waals surface area contributed by atoms with E-state index in [1.807, 2.05) is 24.3 Å². The lowest BCUT2D eigenvalue weighted by Crippen LogP contribution is -2.38. The summed E-state index contributed by atoms with van der Waals surface area (Å²) in [6.07, 6.45) is 0. The molecule has 2 aromatic carbocycles. The van der Waals surface area contributed by atoms with E-state index in [0.717, 1.165) is 29.4 Å². The number of nitrogens with zero attached hydrogens (tertiary/aromatic N) is 1. The first-order valence-corrected chi connectivity index (χ1v) is 7.86. The Balaban J connectivity index is 2.32. The molecule has 1 unspecified atom stereocenters. The zero-order chi connectivity index (χ0) is 16.8. The average Bonchev–Trinajstić information content (AvgIpc) is 2.59. The Labute approximate surface area is 138 Å². The summed E-state index contributed by atoms with van der Waals surface area (Å²) in [4.78, 5) is 2.23. The van der Waals surface area contributed by atoms with Crippen LogP contribution in [0.4, 0.5) is 11.4 Å². The van der Waals surface area contributed by atoms with Crippen molar-refractivity contribution in [2.75, 3.05) is 25.7 Å². The van der Waals surface area contributed by atoms with Gasteiger partial charge in [0.15, 0.2) is 0 Å². The fourth-order valence-electron chi connectivity index (χ4n) is 2.31. The zero-order valence-electron chi connectivity index (χ0n) is 14.3. The molecule has 4 heteroatoms. The summed E-state index contributed by atoms with van der Waals surface area (Å²) in [6, 6.07) is 16.1. The molecular weight excluding hydrogens is 288 g/mol. The van der Waals surface area contributed by atoms with E-state index in [4.69, 9.17) is 15.2 Å².